The van der Waals surface area contributed by atoms with Crippen molar-refractivity contribution in [3.8, 4) is 11.3 Å². The molecule has 0 amide bonds. The van der Waals surface area contributed by atoms with Crippen molar-refractivity contribution >= 4 is 27.4 Å². The number of halogens is 3. The van der Waals surface area contributed by atoms with Gasteiger partial charge in [0.15, 0.2) is 0 Å². The van der Waals surface area contributed by atoms with Gasteiger partial charge in [-0.25, -0.2) is 9.97 Å². The summed E-state index contributed by atoms with van der Waals surface area (Å²) >= 11 is 1.11. The fourth-order valence-corrected chi connectivity index (χ4v) is 6.56. The first-order chi connectivity index (χ1) is 16.9. The van der Waals surface area contributed by atoms with Gasteiger partial charge >= 0.3 is 6.18 Å². The summed E-state index contributed by atoms with van der Waals surface area (Å²) in [7, 11) is 0. The first-order valence-corrected chi connectivity index (χ1v) is 12.5. The fourth-order valence-electron chi connectivity index (χ4n) is 5.54. The van der Waals surface area contributed by atoms with Gasteiger partial charge in [-0.3, -0.25) is 5.10 Å². The second-order valence-electron chi connectivity index (χ2n) is 9.77. The zero-order chi connectivity index (χ0) is 24.0. The van der Waals surface area contributed by atoms with Gasteiger partial charge in [0.05, 0.1) is 17.5 Å². The van der Waals surface area contributed by atoms with E-state index in [9.17, 15) is 13.2 Å². The van der Waals surface area contributed by atoms with Gasteiger partial charge in [0.2, 0.25) is 0 Å². The molecule has 1 saturated carbocycles. The molecule has 1 aliphatic carbocycles. The smallest absolute Gasteiger partial charge is 0.355 e. The topological polar surface area (TPSA) is 69.7 Å². The van der Waals surface area contributed by atoms with E-state index in [0.29, 0.717) is 10.9 Å². The number of rotatable bonds is 6. The third-order valence-electron chi connectivity index (χ3n) is 7.12. The minimum Gasteiger partial charge on any atom is -0.355 e. The highest BCUT2D eigenvalue weighted by molar-refractivity contribution is 7.18. The lowest BCUT2D eigenvalue weighted by Gasteiger charge is -2.49. The number of H-pyrrole nitrogens is 1. The van der Waals surface area contributed by atoms with Crippen LogP contribution in [0.25, 0.3) is 21.5 Å². The Morgan fingerprint density at radius 2 is 2.06 bits per heavy atom. The molecule has 2 N–H and O–H groups in total. The van der Waals surface area contributed by atoms with E-state index in [1.807, 2.05) is 6.07 Å². The van der Waals surface area contributed by atoms with Crippen molar-refractivity contribution in [1.82, 2.24) is 25.5 Å². The zero-order valence-electron chi connectivity index (χ0n) is 19.0. The Balaban J connectivity index is 1.07. The molecule has 2 aliphatic rings. The summed E-state index contributed by atoms with van der Waals surface area (Å²) in [5, 5.41) is 11.5. The van der Waals surface area contributed by atoms with Gasteiger partial charge in [-0.1, -0.05) is 18.2 Å². The van der Waals surface area contributed by atoms with Crippen LogP contribution in [0.1, 0.15) is 29.7 Å². The molecule has 1 aromatic carbocycles. The Bertz CT molecular complexity index is 1330. The van der Waals surface area contributed by atoms with E-state index in [-0.39, 0.29) is 10.3 Å². The molecule has 1 atom stereocenters. The molecule has 2 fully saturated rings. The van der Waals surface area contributed by atoms with E-state index in [4.69, 9.17) is 0 Å². The van der Waals surface area contributed by atoms with Crippen LogP contribution in [0.2, 0.25) is 0 Å². The van der Waals surface area contributed by atoms with Crippen LogP contribution in [0.4, 0.5) is 19.0 Å². The van der Waals surface area contributed by atoms with E-state index >= 15 is 0 Å². The van der Waals surface area contributed by atoms with Crippen LogP contribution in [-0.2, 0) is 13.0 Å². The maximum Gasteiger partial charge on any atom is 0.393 e. The van der Waals surface area contributed by atoms with Crippen LogP contribution < -0.4 is 10.2 Å². The van der Waals surface area contributed by atoms with Gasteiger partial charge in [-0.05, 0) is 48.6 Å². The first-order valence-electron chi connectivity index (χ1n) is 11.7. The lowest BCUT2D eigenvalue weighted by molar-refractivity contribution is -0.126. The predicted octanol–water partition coefficient (Wildman–Crippen LogP) is 5.33. The number of alkyl halides is 3. The highest BCUT2D eigenvalue weighted by Gasteiger charge is 2.48. The van der Waals surface area contributed by atoms with Gasteiger partial charge in [0.1, 0.15) is 17.0 Å². The third-order valence-corrected chi connectivity index (χ3v) is 8.17. The van der Waals surface area contributed by atoms with Crippen molar-refractivity contribution in [2.24, 2.45) is 5.41 Å². The van der Waals surface area contributed by atoms with E-state index in [0.717, 1.165) is 72.7 Å². The lowest BCUT2D eigenvalue weighted by Crippen LogP contribution is -2.56. The van der Waals surface area contributed by atoms with Gasteiger partial charge in [0.25, 0.3) is 0 Å². The number of fused-ring (bicyclic) bond motifs is 1. The SMILES string of the molecule is FC(F)(F)Cc1cc2c(N3CC4(CCC(NCc5cccc(-c6ccn[nH]6)c5)C4)C3)ncnc2s1. The van der Waals surface area contributed by atoms with E-state index in [2.05, 4.69) is 54.6 Å². The Labute approximate surface area is 204 Å². The van der Waals surface area contributed by atoms with Crippen LogP contribution in [0, 0.1) is 5.41 Å². The normalized spacial score (nSPS) is 19.5. The Morgan fingerprint density at radius 3 is 2.86 bits per heavy atom. The largest absolute Gasteiger partial charge is 0.393 e. The molecule has 1 spiro atoms. The molecular weight excluding hydrogens is 473 g/mol. The van der Waals surface area contributed by atoms with Crippen molar-refractivity contribution in [2.45, 2.75) is 44.4 Å². The number of aromatic amines is 1. The Morgan fingerprint density at radius 1 is 1.17 bits per heavy atom. The molecule has 1 aliphatic heterocycles. The van der Waals surface area contributed by atoms with Crippen LogP contribution >= 0.6 is 11.3 Å². The van der Waals surface area contributed by atoms with E-state index in [1.165, 1.54) is 11.9 Å². The molecule has 4 aromatic rings. The van der Waals surface area contributed by atoms with Crippen LogP contribution in [0.3, 0.4) is 0 Å². The summed E-state index contributed by atoms with van der Waals surface area (Å²) in [6.45, 7) is 2.59. The number of aromatic nitrogens is 4. The third kappa shape index (κ3) is 4.64. The van der Waals surface area contributed by atoms with Crippen LogP contribution in [0.15, 0.2) is 48.9 Å². The van der Waals surface area contributed by atoms with Crippen molar-refractivity contribution in [3.05, 3.63) is 59.4 Å². The molecule has 0 bridgehead atoms. The second-order valence-corrected chi connectivity index (χ2v) is 10.9. The van der Waals surface area contributed by atoms with Crippen molar-refractivity contribution in [1.29, 1.82) is 0 Å². The number of benzene rings is 1. The molecule has 6 rings (SSSR count). The van der Waals surface area contributed by atoms with Crippen LogP contribution in [-0.4, -0.2) is 45.5 Å². The van der Waals surface area contributed by atoms with Gasteiger partial charge in [-0.15, -0.1) is 11.3 Å². The number of hydrogen-bond donors (Lipinski definition) is 2. The highest BCUT2D eigenvalue weighted by atomic mass is 32.1. The maximum atomic E-state index is 12.8. The summed E-state index contributed by atoms with van der Waals surface area (Å²) in [5.74, 6) is 0.761. The zero-order valence-corrected chi connectivity index (χ0v) is 19.8. The second kappa shape index (κ2) is 8.60. The van der Waals surface area contributed by atoms with Gasteiger partial charge < -0.3 is 10.2 Å². The molecule has 4 heterocycles. The van der Waals surface area contributed by atoms with Crippen molar-refractivity contribution in [2.75, 3.05) is 18.0 Å². The summed E-state index contributed by atoms with van der Waals surface area (Å²) in [6.07, 6.45) is 1.45. The number of nitrogens with one attached hydrogen (secondary N) is 2. The molecule has 10 heteroatoms. The van der Waals surface area contributed by atoms with Gasteiger partial charge in [0, 0.05) is 42.2 Å². The minimum absolute atomic E-state index is 0.248. The number of hydrogen-bond acceptors (Lipinski definition) is 6. The number of thiophene rings is 1. The Hall–Kier alpha value is -2.98. The molecule has 6 nitrogen and oxygen atoms in total. The lowest BCUT2D eigenvalue weighted by atomic mass is 9.78. The maximum absolute atomic E-state index is 12.8. The monoisotopic (exact) mass is 498 g/mol. The average molecular weight is 499 g/mol. The van der Waals surface area contributed by atoms with E-state index < -0.39 is 12.6 Å². The average Bonchev–Trinajstić information content (AvgIpc) is 3.54. The standard InChI is InChI=1S/C25H25F3N6S/c26-25(27,28)11-19-9-20-22(30-15-31-23(20)35-19)34-13-24(14-34)6-4-18(10-24)29-12-16-2-1-3-17(8-16)21-5-7-32-33-21/h1-3,5,7-9,15,18,29H,4,6,10-14H2,(H,32,33). The van der Waals surface area contributed by atoms with E-state index in [1.54, 1.807) is 12.3 Å². The van der Waals surface area contributed by atoms with Gasteiger partial charge in [-0.2, -0.15) is 18.3 Å². The molecule has 1 unspecified atom stereocenters. The summed E-state index contributed by atoms with van der Waals surface area (Å²) in [4.78, 5) is 11.7. The molecule has 1 saturated heterocycles. The number of nitrogens with zero attached hydrogens (tertiary/aromatic N) is 4. The molecule has 3 aromatic heterocycles. The highest BCUT2D eigenvalue weighted by Crippen LogP contribution is 2.48. The quantitative estimate of drug-likeness (QED) is 0.376. The fraction of sp³-hybridized carbons (Fsp3) is 0.400. The summed E-state index contributed by atoms with van der Waals surface area (Å²) in [5.41, 5.74) is 3.62. The predicted molar refractivity (Wildman–Crippen MR) is 130 cm³/mol. The molecule has 35 heavy (non-hydrogen) atoms. The van der Waals surface area contributed by atoms with Crippen LogP contribution in [0.5, 0.6) is 0 Å². The first kappa shape index (κ1) is 22.5. The summed E-state index contributed by atoms with van der Waals surface area (Å²) in [6, 6.07) is 12.5. The Kier molecular flexibility index (Phi) is 5.52. The molecule has 0 radical (unpaired) electrons. The van der Waals surface area contributed by atoms with Crippen molar-refractivity contribution in [3.63, 3.8) is 0 Å². The molecular formula is C25H25F3N6S. The molecule has 182 valence electrons. The summed E-state index contributed by atoms with van der Waals surface area (Å²) < 4.78 is 38.5. The number of anilines is 1. The minimum atomic E-state index is -4.22. The van der Waals surface area contributed by atoms with Crippen molar-refractivity contribution < 1.29 is 13.2 Å².